The molecule has 0 spiro atoms. The van der Waals surface area contributed by atoms with E-state index in [9.17, 15) is 30.0 Å². The minimum absolute atomic E-state index is 0.0119. The molecular formula is C98H153N11O7S3. The summed E-state index contributed by atoms with van der Waals surface area (Å²) in [5, 5.41) is 13.4. The van der Waals surface area contributed by atoms with E-state index in [1.807, 2.05) is 75.4 Å². The van der Waals surface area contributed by atoms with Crippen LogP contribution in [-0.4, -0.2) is 166 Å². The second-order valence-electron chi connectivity index (χ2n) is 40.3. The number of rotatable bonds is 17. The Hall–Kier alpha value is -6.79. The van der Waals surface area contributed by atoms with Gasteiger partial charge in [-0.25, -0.2) is 34.5 Å². The van der Waals surface area contributed by atoms with Crippen molar-refractivity contribution < 1.29 is 30.0 Å². The van der Waals surface area contributed by atoms with Crippen LogP contribution in [0.25, 0.3) is 0 Å². The number of H-pyrrole nitrogens is 1. The third kappa shape index (κ3) is 31.2. The van der Waals surface area contributed by atoms with E-state index >= 15 is 0 Å². The highest BCUT2D eigenvalue weighted by Crippen LogP contribution is 2.43. The molecule has 1 aromatic heterocycles. The van der Waals surface area contributed by atoms with E-state index in [-0.39, 0.29) is 38.4 Å². The largest absolute Gasteiger partial charge is 0.352 e. The van der Waals surface area contributed by atoms with Gasteiger partial charge in [-0.05, 0) is 259 Å². The van der Waals surface area contributed by atoms with Crippen molar-refractivity contribution in [1.82, 2.24) is 45.3 Å². The highest BCUT2D eigenvalue weighted by molar-refractivity contribution is 7.92. The number of hydrogen-bond acceptors (Lipinski definition) is 13. The summed E-state index contributed by atoms with van der Waals surface area (Å²) < 4.78 is 80.0. The molecule has 6 heterocycles. The summed E-state index contributed by atoms with van der Waals surface area (Å²) in [6.07, 6.45) is 17.5. The summed E-state index contributed by atoms with van der Waals surface area (Å²) in [6, 6.07) is 45.5. The summed E-state index contributed by atoms with van der Waals surface area (Å²) in [4.78, 5) is 24.5. The van der Waals surface area contributed by atoms with Crippen LogP contribution in [-0.2, 0) is 69.0 Å². The first-order valence-corrected chi connectivity index (χ1v) is 49.0. The van der Waals surface area contributed by atoms with Crippen molar-refractivity contribution in [2.45, 2.75) is 270 Å². The summed E-state index contributed by atoms with van der Waals surface area (Å²) in [7, 11) is -6.22. The molecule has 119 heavy (non-hydrogen) atoms. The number of piperidine rings is 4. The molecule has 5 aliphatic heterocycles. The quantitative estimate of drug-likeness (QED) is 0.0450. The minimum atomic E-state index is -3.44. The van der Waals surface area contributed by atoms with Crippen molar-refractivity contribution in [3.63, 3.8) is 0 Å². The maximum Gasteiger partial charge on any atom is 0.251 e. The molecule has 12 rings (SSSR count). The van der Waals surface area contributed by atoms with Crippen molar-refractivity contribution in [3.8, 4) is 0 Å². The number of benzene rings is 6. The zero-order valence-electron chi connectivity index (χ0n) is 77.2. The third-order valence-corrected chi connectivity index (χ3v) is 26.4. The van der Waals surface area contributed by atoms with Gasteiger partial charge in [-0.1, -0.05) is 228 Å². The number of carbonyl (C=O) groups is 1. The van der Waals surface area contributed by atoms with Gasteiger partial charge in [-0.3, -0.25) is 14.2 Å². The molecule has 660 valence electrons. The Morgan fingerprint density at radius 2 is 0.941 bits per heavy atom. The zero-order valence-corrected chi connectivity index (χ0v) is 79.7. The highest BCUT2D eigenvalue weighted by Gasteiger charge is 2.35. The number of amides is 1. The average molecular weight is 1690 g/mol. The number of hydrogen-bond donors (Lipinski definition) is 7. The number of sulfonamides is 3. The molecule has 7 aromatic rings. The van der Waals surface area contributed by atoms with Crippen LogP contribution in [0.5, 0.6) is 0 Å². The molecule has 18 nitrogen and oxygen atoms in total. The van der Waals surface area contributed by atoms with Gasteiger partial charge in [0.15, 0.2) is 0 Å². The van der Waals surface area contributed by atoms with Gasteiger partial charge in [-0.2, -0.15) is 0 Å². The second-order valence-corrected chi connectivity index (χ2v) is 45.8. The summed E-state index contributed by atoms with van der Waals surface area (Å²) in [6.45, 7) is 55.9. The van der Waals surface area contributed by atoms with Crippen LogP contribution in [0.2, 0.25) is 0 Å². The standard InChI is InChI=1S/C19H32N2O2S.C17H28N2O2S.C16H21N3O.C16H26N2O2S.2C15H23N/c1-14(2)21-12-8-9-15(13-21)18-16(19(3,4)5)10-7-11-17(18)20-24(6,22)23;1-17(2,3)15-8-6-7-9-16(15)22(20,21)19(5)13-14-10-11-18(4)12-14;1-16(2,3)13-6-4-5-12(11-13)15(20)19-8-7-14-17-9-10-18-14;1-16(2,3)13-8-5-9-14(18-21(4,19)20)15(13)12-7-6-10-17-11-12;2*1-15(2,3)14-9-5-4-8-13(14)12-7-6-10-16-11-12/h7,10-11,14-15,20H,8-9,12-13H2,1-6H3;6-9,14H,10-13H2,1-5H3;4-6,9-11H,7-8H2,1-3H3,(H,17,18)(H,19,20);5,8-9,12,17-18H,6-7,10-11H2,1-4H3;2*4-5,8-9,12,16H,6-7,10-11H2,1-3H3/t;14-;;;2*12-/m.1..10/s1. The smallest absolute Gasteiger partial charge is 0.251 e. The van der Waals surface area contributed by atoms with Crippen LogP contribution < -0.4 is 30.7 Å². The van der Waals surface area contributed by atoms with Gasteiger partial charge in [0.1, 0.15) is 5.82 Å². The molecule has 2 unspecified atom stereocenters. The van der Waals surface area contributed by atoms with Gasteiger partial charge in [0.05, 0.1) is 28.8 Å². The van der Waals surface area contributed by atoms with E-state index in [0.29, 0.717) is 65.6 Å². The Bertz CT molecular complexity index is 4590. The lowest BCUT2D eigenvalue weighted by Crippen LogP contribution is -2.39. The van der Waals surface area contributed by atoms with Gasteiger partial charge in [-0.15, -0.1) is 0 Å². The molecular weight excluding hydrogens is 1540 g/mol. The molecule has 0 saturated carbocycles. The molecule has 7 N–H and O–H groups in total. The fourth-order valence-electron chi connectivity index (χ4n) is 17.1. The molecule has 0 aliphatic carbocycles. The van der Waals surface area contributed by atoms with E-state index in [4.69, 9.17) is 0 Å². The van der Waals surface area contributed by atoms with Crippen LogP contribution in [0.15, 0.2) is 151 Å². The first-order chi connectivity index (χ1) is 55.4. The van der Waals surface area contributed by atoms with Gasteiger partial charge < -0.3 is 36.1 Å². The lowest BCUT2D eigenvalue weighted by atomic mass is 9.77. The van der Waals surface area contributed by atoms with Crippen molar-refractivity contribution in [3.05, 3.63) is 213 Å². The summed E-state index contributed by atoms with van der Waals surface area (Å²) in [5.41, 5.74) is 15.5. The Morgan fingerprint density at radius 1 is 0.504 bits per heavy atom. The van der Waals surface area contributed by atoms with Crippen molar-refractivity contribution >= 4 is 47.4 Å². The number of anilines is 2. The summed E-state index contributed by atoms with van der Waals surface area (Å²) in [5.74, 6) is 3.41. The van der Waals surface area contributed by atoms with Gasteiger partial charge >= 0.3 is 0 Å². The normalized spacial score (nSPS) is 19.4. The molecule has 5 aliphatic rings. The van der Waals surface area contributed by atoms with Gasteiger partial charge in [0.25, 0.3) is 5.91 Å². The van der Waals surface area contributed by atoms with Crippen LogP contribution in [0.3, 0.4) is 0 Å². The molecule has 1 amide bonds. The Balaban J connectivity index is 0.000000198. The van der Waals surface area contributed by atoms with Crippen molar-refractivity contribution in [2.24, 2.45) is 5.92 Å². The van der Waals surface area contributed by atoms with E-state index in [1.54, 1.807) is 42.7 Å². The van der Waals surface area contributed by atoms with Gasteiger partial charge in [0, 0.05) is 83.3 Å². The Kier molecular flexibility index (Phi) is 36.3. The zero-order chi connectivity index (χ0) is 88.1. The molecule has 5 atom stereocenters. The number of aromatic nitrogens is 2. The maximum atomic E-state index is 13.0. The first kappa shape index (κ1) is 99.3. The maximum absolute atomic E-state index is 13.0. The minimum Gasteiger partial charge on any atom is -0.352 e. The molecule has 0 radical (unpaired) electrons. The number of nitrogens with one attached hydrogen (secondary N) is 7. The monoisotopic (exact) mass is 1690 g/mol. The molecule has 6 aromatic carbocycles. The van der Waals surface area contributed by atoms with Crippen LogP contribution in [0.1, 0.15) is 292 Å². The fraction of sp³-hybridized carbons (Fsp3) is 0.592. The fourth-order valence-corrected chi connectivity index (χ4v) is 19.9. The number of imidazole rings is 1. The average Bonchev–Trinajstić information content (AvgIpc) is 1.02. The first-order valence-electron chi connectivity index (χ1n) is 43.8. The molecule has 5 fully saturated rings. The molecule has 5 saturated heterocycles. The van der Waals surface area contributed by atoms with Crippen molar-refractivity contribution in [2.75, 3.05) is 115 Å². The summed E-state index contributed by atoms with van der Waals surface area (Å²) >= 11 is 0. The number of carbonyl (C=O) groups excluding carboxylic acids is 1. The number of nitrogens with zero attached hydrogens (tertiary/aromatic N) is 4. The second kappa shape index (κ2) is 43.5. The highest BCUT2D eigenvalue weighted by atomic mass is 32.2. The Labute approximate surface area is 721 Å². The van der Waals surface area contributed by atoms with Crippen LogP contribution in [0.4, 0.5) is 11.4 Å². The van der Waals surface area contributed by atoms with Crippen LogP contribution in [0, 0.1) is 5.92 Å². The lowest BCUT2D eigenvalue weighted by molar-refractivity contribution is 0.0953. The lowest BCUT2D eigenvalue weighted by Gasteiger charge is -2.38. The predicted molar refractivity (Wildman–Crippen MR) is 501 cm³/mol. The van der Waals surface area contributed by atoms with Crippen molar-refractivity contribution in [1.29, 1.82) is 0 Å². The van der Waals surface area contributed by atoms with E-state index in [0.717, 1.165) is 118 Å². The van der Waals surface area contributed by atoms with E-state index in [1.165, 1.54) is 83.4 Å². The predicted octanol–water partition coefficient (Wildman–Crippen LogP) is 18.9. The molecule has 0 bridgehead atoms. The number of aromatic amines is 1. The third-order valence-electron chi connectivity index (χ3n) is 23.3. The Morgan fingerprint density at radius 3 is 1.36 bits per heavy atom. The van der Waals surface area contributed by atoms with E-state index in [2.05, 4.69) is 242 Å². The van der Waals surface area contributed by atoms with E-state index < -0.39 is 30.1 Å². The topological polar surface area (TPSA) is 230 Å². The molecule has 21 heteroatoms. The SMILES string of the molecule is CC(C)(C)c1cccc(C(=O)NCCc2ncc[nH]2)c1.CC(C)(C)c1cccc(NS(C)(=O)=O)c1C1CCCNC1.CC(C)(C)c1ccccc1[C@@H]1CCCNC1.CC(C)(C)c1ccccc1[C@H]1CCCNC1.CC(C)N1CCCC(c2c(NS(C)(=O)=O)cccc2C(C)(C)C)C1.CN1CC[C@@H](CN(C)S(=O)(=O)c2ccccc2C(C)(C)C)C1. The van der Waals surface area contributed by atoms with Crippen LogP contribution >= 0.6 is 0 Å². The number of likely N-dealkylation sites (tertiary alicyclic amines) is 2. The van der Waals surface area contributed by atoms with Gasteiger partial charge in [0.2, 0.25) is 30.1 Å².